The van der Waals surface area contributed by atoms with E-state index in [4.69, 9.17) is 21.1 Å². The predicted molar refractivity (Wildman–Crippen MR) is 112 cm³/mol. The third kappa shape index (κ3) is 5.78. The zero-order valence-corrected chi connectivity index (χ0v) is 17.7. The molecule has 0 radical (unpaired) electrons. The minimum absolute atomic E-state index is 0.0186. The molecule has 1 atom stereocenters. The fourth-order valence-electron chi connectivity index (χ4n) is 2.77. The normalized spacial score (nSPS) is 12.8. The molecule has 0 spiro atoms. The second kappa shape index (κ2) is 8.85. The molecular weight excluding hydrogens is 362 g/mol. The maximum Gasteiger partial charge on any atom is 0.144 e. The number of methoxy groups -OCH3 is 1. The second-order valence-electron chi connectivity index (χ2n) is 8.09. The molecule has 0 heterocycles. The Hall–Kier alpha value is -1.91. The van der Waals surface area contributed by atoms with Gasteiger partial charge in [-0.15, -0.1) is 0 Å². The average molecular weight is 392 g/mol. The fraction of sp³-hybridized carbons (Fsp3) is 0.455. The minimum Gasteiger partial charge on any atom is -0.496 e. The van der Waals surface area contributed by atoms with E-state index in [0.717, 1.165) is 5.69 Å². The number of ether oxygens (including phenoxy) is 2. The number of anilines is 1. The van der Waals surface area contributed by atoms with Gasteiger partial charge >= 0.3 is 0 Å². The SMILES string of the molecule is COc1ccccc1[C@@H](O)c1cc(Cl)cc(OC(C)C)c1NCC(C)(C)C. The predicted octanol–water partition coefficient (Wildman–Crippen LogP) is 5.68. The van der Waals surface area contributed by atoms with Crippen LogP contribution in [0.5, 0.6) is 11.5 Å². The molecule has 148 valence electrons. The smallest absolute Gasteiger partial charge is 0.144 e. The largest absolute Gasteiger partial charge is 0.496 e. The van der Waals surface area contributed by atoms with Gasteiger partial charge in [-0.3, -0.25) is 0 Å². The Morgan fingerprint density at radius 1 is 1.07 bits per heavy atom. The van der Waals surface area contributed by atoms with E-state index in [1.54, 1.807) is 19.2 Å². The van der Waals surface area contributed by atoms with E-state index < -0.39 is 6.10 Å². The van der Waals surface area contributed by atoms with Crippen LogP contribution in [0.15, 0.2) is 36.4 Å². The van der Waals surface area contributed by atoms with Gasteiger partial charge in [-0.05, 0) is 31.4 Å². The van der Waals surface area contributed by atoms with Crippen LogP contribution in [0.4, 0.5) is 5.69 Å². The first-order chi connectivity index (χ1) is 12.6. The van der Waals surface area contributed by atoms with Crippen LogP contribution in [0, 0.1) is 5.41 Å². The highest BCUT2D eigenvalue weighted by Gasteiger charge is 2.23. The number of aliphatic hydroxyl groups is 1. The van der Waals surface area contributed by atoms with Gasteiger partial charge < -0.3 is 19.9 Å². The van der Waals surface area contributed by atoms with Gasteiger partial charge in [-0.1, -0.05) is 50.6 Å². The standard InChI is InChI=1S/C22H30ClNO3/c1-14(2)27-19-12-15(23)11-17(20(19)24-13-22(3,4)5)21(25)16-9-7-8-10-18(16)26-6/h7-12,14,21,24-25H,13H2,1-6H3/t21-/m1/s1. The number of rotatable bonds is 7. The molecule has 4 nitrogen and oxygen atoms in total. The summed E-state index contributed by atoms with van der Waals surface area (Å²) in [5.74, 6) is 1.25. The summed E-state index contributed by atoms with van der Waals surface area (Å²) >= 11 is 6.35. The van der Waals surface area contributed by atoms with Crippen molar-refractivity contribution < 1.29 is 14.6 Å². The van der Waals surface area contributed by atoms with Crippen molar-refractivity contribution in [2.24, 2.45) is 5.41 Å². The van der Waals surface area contributed by atoms with E-state index in [0.29, 0.717) is 34.2 Å². The highest BCUT2D eigenvalue weighted by atomic mass is 35.5. The molecule has 2 aromatic rings. The quantitative estimate of drug-likeness (QED) is 0.637. The zero-order valence-electron chi connectivity index (χ0n) is 17.0. The summed E-state index contributed by atoms with van der Waals surface area (Å²) in [6, 6.07) is 11.0. The van der Waals surface area contributed by atoms with Gasteiger partial charge in [0.05, 0.1) is 18.9 Å². The van der Waals surface area contributed by atoms with Gasteiger partial charge in [0.1, 0.15) is 17.6 Å². The van der Waals surface area contributed by atoms with Crippen LogP contribution in [-0.4, -0.2) is 24.9 Å². The van der Waals surface area contributed by atoms with E-state index in [2.05, 4.69) is 26.1 Å². The summed E-state index contributed by atoms with van der Waals surface area (Å²) in [6.45, 7) is 11.1. The van der Waals surface area contributed by atoms with Gasteiger partial charge in [0, 0.05) is 28.8 Å². The van der Waals surface area contributed by atoms with Gasteiger partial charge in [0.25, 0.3) is 0 Å². The molecule has 5 heteroatoms. The molecule has 2 aromatic carbocycles. The van der Waals surface area contributed by atoms with E-state index in [-0.39, 0.29) is 11.5 Å². The van der Waals surface area contributed by atoms with Crippen molar-refractivity contribution in [1.29, 1.82) is 0 Å². The topological polar surface area (TPSA) is 50.7 Å². The summed E-state index contributed by atoms with van der Waals surface area (Å²) in [7, 11) is 1.59. The van der Waals surface area contributed by atoms with E-state index in [1.807, 2.05) is 38.1 Å². The van der Waals surface area contributed by atoms with Crippen molar-refractivity contribution in [3.63, 3.8) is 0 Å². The van der Waals surface area contributed by atoms with Gasteiger partial charge in [-0.2, -0.15) is 0 Å². The Bertz CT molecular complexity index is 769. The number of benzene rings is 2. The molecule has 0 aliphatic heterocycles. The molecule has 2 N–H and O–H groups in total. The second-order valence-corrected chi connectivity index (χ2v) is 8.53. The minimum atomic E-state index is -0.906. The van der Waals surface area contributed by atoms with E-state index in [9.17, 15) is 5.11 Å². The lowest BCUT2D eigenvalue weighted by molar-refractivity contribution is 0.212. The molecule has 0 saturated carbocycles. The Labute approximate surface area is 167 Å². The molecule has 0 saturated heterocycles. The van der Waals surface area contributed by atoms with Crippen LogP contribution in [0.25, 0.3) is 0 Å². The maximum absolute atomic E-state index is 11.2. The third-order valence-electron chi connectivity index (χ3n) is 3.98. The summed E-state index contributed by atoms with van der Waals surface area (Å²) in [4.78, 5) is 0. The Balaban J connectivity index is 2.56. The van der Waals surface area contributed by atoms with E-state index >= 15 is 0 Å². The lowest BCUT2D eigenvalue weighted by atomic mass is 9.95. The number of halogens is 1. The van der Waals surface area contributed by atoms with Crippen LogP contribution in [0.3, 0.4) is 0 Å². The molecule has 0 unspecified atom stereocenters. The lowest BCUT2D eigenvalue weighted by Gasteiger charge is -2.26. The summed E-state index contributed by atoms with van der Waals surface area (Å²) in [5, 5.41) is 15.1. The van der Waals surface area contributed by atoms with Crippen molar-refractivity contribution in [2.45, 2.75) is 46.8 Å². The number of hydrogen-bond acceptors (Lipinski definition) is 4. The van der Waals surface area contributed by atoms with Gasteiger partial charge in [0.15, 0.2) is 0 Å². The number of para-hydroxylation sites is 1. The van der Waals surface area contributed by atoms with Crippen molar-refractivity contribution in [3.8, 4) is 11.5 Å². The molecule has 0 aromatic heterocycles. The summed E-state index contributed by atoms with van der Waals surface area (Å²) in [6.07, 6.45) is -0.924. The van der Waals surface area contributed by atoms with Crippen LogP contribution in [0.2, 0.25) is 5.02 Å². The number of nitrogens with one attached hydrogen (secondary N) is 1. The van der Waals surface area contributed by atoms with Crippen molar-refractivity contribution >= 4 is 17.3 Å². The Morgan fingerprint density at radius 2 is 1.74 bits per heavy atom. The molecule has 27 heavy (non-hydrogen) atoms. The lowest BCUT2D eigenvalue weighted by Crippen LogP contribution is -2.21. The van der Waals surface area contributed by atoms with Crippen molar-refractivity contribution in [1.82, 2.24) is 0 Å². The van der Waals surface area contributed by atoms with Crippen molar-refractivity contribution in [3.05, 3.63) is 52.5 Å². The molecule has 0 aliphatic carbocycles. The first-order valence-corrected chi connectivity index (χ1v) is 9.55. The average Bonchev–Trinajstić information content (AvgIpc) is 2.58. The number of aliphatic hydroxyl groups excluding tert-OH is 1. The highest BCUT2D eigenvalue weighted by molar-refractivity contribution is 6.31. The highest BCUT2D eigenvalue weighted by Crippen LogP contribution is 2.41. The first-order valence-electron chi connectivity index (χ1n) is 9.17. The van der Waals surface area contributed by atoms with Crippen LogP contribution in [-0.2, 0) is 0 Å². The van der Waals surface area contributed by atoms with E-state index in [1.165, 1.54) is 0 Å². The Kier molecular flexibility index (Phi) is 7.01. The summed E-state index contributed by atoms with van der Waals surface area (Å²) in [5.41, 5.74) is 2.14. The molecule has 0 fully saturated rings. The van der Waals surface area contributed by atoms with Gasteiger partial charge in [-0.25, -0.2) is 0 Å². The molecule has 2 rings (SSSR count). The molecule has 0 aliphatic rings. The monoisotopic (exact) mass is 391 g/mol. The Morgan fingerprint density at radius 3 is 2.33 bits per heavy atom. The van der Waals surface area contributed by atoms with Crippen molar-refractivity contribution in [2.75, 3.05) is 19.0 Å². The molecule has 0 bridgehead atoms. The third-order valence-corrected chi connectivity index (χ3v) is 4.20. The maximum atomic E-state index is 11.2. The van der Waals surface area contributed by atoms with Crippen LogP contribution >= 0.6 is 11.6 Å². The van der Waals surface area contributed by atoms with Crippen LogP contribution in [0.1, 0.15) is 51.8 Å². The number of hydrogen-bond donors (Lipinski definition) is 2. The zero-order chi connectivity index (χ0) is 20.2. The molecule has 0 amide bonds. The van der Waals surface area contributed by atoms with Gasteiger partial charge in [0.2, 0.25) is 0 Å². The molecular formula is C22H30ClNO3. The summed E-state index contributed by atoms with van der Waals surface area (Å²) < 4.78 is 11.4. The fourth-order valence-corrected chi connectivity index (χ4v) is 2.98. The first kappa shape index (κ1) is 21.4. The van der Waals surface area contributed by atoms with Crippen LogP contribution < -0.4 is 14.8 Å².